The standard InChI is InChI=1S/C32H34FN5O2/c1-40-25-12-13-29-27(22-25)32(39)38(31(35-29)26-10-5-6-11-28(26)33)24-14-19-36(20-15-24)17-7-18-37-21-16-34-30(37)23-8-3-2-4-9-23/h2-6,8-13,16,21-22,24,31,35H,7,14-15,17-20H2,1H3. The third-order valence-electron chi connectivity index (χ3n) is 8.03. The number of halogens is 1. The van der Waals surface area contributed by atoms with Gasteiger partial charge >= 0.3 is 0 Å². The van der Waals surface area contributed by atoms with Gasteiger partial charge in [-0.1, -0.05) is 48.5 Å². The normalized spacial score (nSPS) is 17.9. The Labute approximate surface area is 234 Å². The van der Waals surface area contributed by atoms with Crippen LogP contribution in [0.3, 0.4) is 0 Å². The minimum atomic E-state index is -0.566. The molecule has 206 valence electrons. The number of hydrogen-bond donors (Lipinski definition) is 1. The van der Waals surface area contributed by atoms with Crippen molar-refractivity contribution in [3.8, 4) is 17.1 Å². The molecule has 4 aromatic rings. The van der Waals surface area contributed by atoms with Crippen LogP contribution in [0.4, 0.5) is 10.1 Å². The van der Waals surface area contributed by atoms with Crippen molar-refractivity contribution >= 4 is 11.6 Å². The van der Waals surface area contributed by atoms with Crippen molar-refractivity contribution in [2.75, 3.05) is 32.1 Å². The summed E-state index contributed by atoms with van der Waals surface area (Å²) in [4.78, 5) is 22.8. The fraction of sp³-hybridized carbons (Fsp3) is 0.312. The van der Waals surface area contributed by atoms with E-state index in [2.05, 4.69) is 31.9 Å². The van der Waals surface area contributed by atoms with E-state index < -0.39 is 6.17 Å². The van der Waals surface area contributed by atoms with Gasteiger partial charge in [-0.15, -0.1) is 0 Å². The number of benzene rings is 3. The second-order valence-corrected chi connectivity index (χ2v) is 10.4. The van der Waals surface area contributed by atoms with Crippen molar-refractivity contribution in [1.29, 1.82) is 0 Å². The predicted octanol–water partition coefficient (Wildman–Crippen LogP) is 5.82. The molecule has 1 aromatic heterocycles. The number of aryl methyl sites for hydroxylation is 1. The van der Waals surface area contributed by atoms with Gasteiger partial charge in [-0.2, -0.15) is 0 Å². The van der Waals surface area contributed by atoms with Gasteiger partial charge in [0.05, 0.1) is 12.7 Å². The molecule has 1 amide bonds. The maximum atomic E-state index is 15.0. The van der Waals surface area contributed by atoms with Crippen LogP contribution in [0.15, 0.2) is 85.2 Å². The first-order chi connectivity index (χ1) is 19.6. The number of anilines is 1. The molecular formula is C32H34FN5O2. The number of rotatable bonds is 8. The number of likely N-dealkylation sites (tertiary alicyclic amines) is 1. The van der Waals surface area contributed by atoms with E-state index in [1.54, 1.807) is 25.3 Å². The number of piperidine rings is 1. The first-order valence-corrected chi connectivity index (χ1v) is 13.9. The molecule has 2 aliphatic rings. The van der Waals surface area contributed by atoms with E-state index in [9.17, 15) is 9.18 Å². The number of nitrogens with zero attached hydrogens (tertiary/aromatic N) is 4. The number of amides is 1. The number of fused-ring (bicyclic) bond motifs is 1. The van der Waals surface area contributed by atoms with Crippen LogP contribution in [0.1, 0.15) is 41.3 Å². The smallest absolute Gasteiger partial charge is 0.258 e. The van der Waals surface area contributed by atoms with Gasteiger partial charge in [0.1, 0.15) is 23.6 Å². The SMILES string of the molecule is COc1ccc2c(c1)C(=O)N(C1CCN(CCCn3ccnc3-c3ccccc3)CC1)C(c1ccccc1F)N2. The van der Waals surface area contributed by atoms with E-state index in [1.807, 2.05) is 53.7 Å². The monoisotopic (exact) mass is 539 g/mol. The molecule has 1 atom stereocenters. The van der Waals surface area contributed by atoms with Crippen LogP contribution in [-0.2, 0) is 6.54 Å². The summed E-state index contributed by atoms with van der Waals surface area (Å²) in [5.41, 5.74) is 2.86. The number of methoxy groups -OCH3 is 1. The number of ether oxygens (including phenoxy) is 1. The van der Waals surface area contributed by atoms with Crippen LogP contribution >= 0.6 is 0 Å². The second-order valence-electron chi connectivity index (χ2n) is 10.4. The van der Waals surface area contributed by atoms with Gasteiger partial charge in [0.15, 0.2) is 0 Å². The maximum Gasteiger partial charge on any atom is 0.258 e. The molecule has 0 saturated carbocycles. The Kier molecular flexibility index (Phi) is 7.51. The third-order valence-corrected chi connectivity index (χ3v) is 8.03. The zero-order valence-electron chi connectivity index (χ0n) is 22.7. The lowest BCUT2D eigenvalue weighted by Crippen LogP contribution is -2.52. The lowest BCUT2D eigenvalue weighted by atomic mass is 9.96. The lowest BCUT2D eigenvalue weighted by Gasteiger charge is -2.45. The summed E-state index contributed by atoms with van der Waals surface area (Å²) in [5.74, 6) is 1.21. The van der Waals surface area contributed by atoms with E-state index >= 15 is 0 Å². The van der Waals surface area contributed by atoms with Crippen molar-refractivity contribution in [2.24, 2.45) is 0 Å². The van der Waals surface area contributed by atoms with Crippen LogP contribution in [-0.4, -0.2) is 58.0 Å². The average Bonchev–Trinajstić information content (AvgIpc) is 3.47. The first-order valence-electron chi connectivity index (χ1n) is 13.9. The van der Waals surface area contributed by atoms with Gasteiger partial charge in [0.2, 0.25) is 0 Å². The molecule has 7 nitrogen and oxygen atoms in total. The highest BCUT2D eigenvalue weighted by molar-refractivity contribution is 6.02. The molecule has 1 N–H and O–H groups in total. The predicted molar refractivity (Wildman–Crippen MR) is 154 cm³/mol. The number of carbonyl (C=O) groups is 1. The summed E-state index contributed by atoms with van der Waals surface area (Å²) >= 11 is 0. The Morgan fingerprint density at radius 1 is 1.00 bits per heavy atom. The number of carbonyl (C=O) groups excluding carboxylic acids is 1. The van der Waals surface area contributed by atoms with Crippen molar-refractivity contribution in [1.82, 2.24) is 19.4 Å². The molecule has 8 heteroatoms. The van der Waals surface area contributed by atoms with E-state index in [-0.39, 0.29) is 17.8 Å². The van der Waals surface area contributed by atoms with Gasteiger partial charge in [-0.25, -0.2) is 9.37 Å². The summed E-state index contributed by atoms with van der Waals surface area (Å²) in [6.07, 6.45) is 6.01. The van der Waals surface area contributed by atoms with Gasteiger partial charge in [0.25, 0.3) is 5.91 Å². The minimum Gasteiger partial charge on any atom is -0.497 e. The molecule has 1 fully saturated rings. The average molecular weight is 540 g/mol. The zero-order chi connectivity index (χ0) is 27.5. The minimum absolute atomic E-state index is 0.00135. The van der Waals surface area contributed by atoms with Gasteiger partial charge in [-0.3, -0.25) is 4.79 Å². The third kappa shape index (κ3) is 5.19. The van der Waals surface area contributed by atoms with E-state index in [0.717, 1.165) is 56.8 Å². The summed E-state index contributed by atoms with van der Waals surface area (Å²) in [6, 6.07) is 22.4. The molecule has 1 saturated heterocycles. The maximum absolute atomic E-state index is 15.0. The topological polar surface area (TPSA) is 62.6 Å². The van der Waals surface area contributed by atoms with Crippen LogP contribution in [0.5, 0.6) is 5.75 Å². The van der Waals surface area contributed by atoms with Gasteiger partial charge in [-0.05, 0) is 50.1 Å². The van der Waals surface area contributed by atoms with E-state index in [4.69, 9.17) is 4.74 Å². The van der Waals surface area contributed by atoms with Crippen molar-refractivity contribution in [3.63, 3.8) is 0 Å². The van der Waals surface area contributed by atoms with Crippen LogP contribution in [0.25, 0.3) is 11.4 Å². The fourth-order valence-corrected chi connectivity index (χ4v) is 5.95. The van der Waals surface area contributed by atoms with E-state index in [0.29, 0.717) is 22.6 Å². The number of imidazole rings is 1. The highest BCUT2D eigenvalue weighted by Gasteiger charge is 2.39. The fourth-order valence-electron chi connectivity index (χ4n) is 5.95. The molecule has 2 aliphatic heterocycles. The summed E-state index contributed by atoms with van der Waals surface area (Å²) in [6.45, 7) is 3.65. The molecule has 0 aliphatic carbocycles. The van der Waals surface area contributed by atoms with Crippen LogP contribution < -0.4 is 10.1 Å². The summed E-state index contributed by atoms with van der Waals surface area (Å²) < 4.78 is 22.6. The summed E-state index contributed by atoms with van der Waals surface area (Å²) in [5, 5.41) is 3.45. The van der Waals surface area contributed by atoms with E-state index in [1.165, 1.54) is 6.07 Å². The molecule has 6 rings (SSSR count). The second kappa shape index (κ2) is 11.5. The molecular weight excluding hydrogens is 505 g/mol. The Balaban J connectivity index is 1.13. The Hall–Kier alpha value is -4.17. The molecule has 3 aromatic carbocycles. The molecule has 1 unspecified atom stereocenters. The lowest BCUT2D eigenvalue weighted by molar-refractivity contribution is 0.0445. The molecule has 0 spiro atoms. The molecule has 3 heterocycles. The molecule has 0 radical (unpaired) electrons. The largest absolute Gasteiger partial charge is 0.497 e. The molecule has 40 heavy (non-hydrogen) atoms. The highest BCUT2D eigenvalue weighted by atomic mass is 19.1. The zero-order valence-corrected chi connectivity index (χ0v) is 22.7. The van der Waals surface area contributed by atoms with Crippen molar-refractivity contribution in [3.05, 3.63) is 102 Å². The number of hydrogen-bond acceptors (Lipinski definition) is 5. The van der Waals surface area contributed by atoms with Crippen LogP contribution in [0.2, 0.25) is 0 Å². The van der Waals surface area contributed by atoms with Crippen LogP contribution in [0, 0.1) is 5.82 Å². The quantitative estimate of drug-likeness (QED) is 0.306. The Morgan fingerprint density at radius 2 is 1.77 bits per heavy atom. The summed E-state index contributed by atoms with van der Waals surface area (Å²) in [7, 11) is 1.59. The number of aromatic nitrogens is 2. The highest BCUT2D eigenvalue weighted by Crippen LogP contribution is 2.38. The Morgan fingerprint density at radius 3 is 2.55 bits per heavy atom. The van der Waals surface area contributed by atoms with Gasteiger partial charge < -0.3 is 24.4 Å². The first kappa shape index (κ1) is 26.1. The van der Waals surface area contributed by atoms with Crippen molar-refractivity contribution in [2.45, 2.75) is 38.0 Å². The Bertz CT molecular complexity index is 1470. The number of nitrogens with one attached hydrogen (secondary N) is 1. The molecule has 0 bridgehead atoms. The van der Waals surface area contributed by atoms with Crippen molar-refractivity contribution < 1.29 is 13.9 Å². The van der Waals surface area contributed by atoms with Gasteiger partial charge in [0, 0.05) is 54.9 Å².